The zero-order valence-corrected chi connectivity index (χ0v) is 11.5. The van der Waals surface area contributed by atoms with E-state index in [0.29, 0.717) is 26.1 Å². The summed E-state index contributed by atoms with van der Waals surface area (Å²) in [4.78, 5) is 10.8. The van der Waals surface area contributed by atoms with Gasteiger partial charge in [0, 0.05) is 13.1 Å². The van der Waals surface area contributed by atoms with Crippen molar-refractivity contribution in [3.63, 3.8) is 0 Å². The van der Waals surface area contributed by atoms with E-state index >= 15 is 0 Å². The maximum atomic E-state index is 10.8. The van der Waals surface area contributed by atoms with Gasteiger partial charge in [-0.2, -0.15) is 0 Å². The first-order valence-electron chi connectivity index (χ1n) is 5.86. The first-order valence-corrected chi connectivity index (χ1v) is 7.75. The highest BCUT2D eigenvalue weighted by Crippen LogP contribution is 2.04. The summed E-state index contributed by atoms with van der Waals surface area (Å²) >= 11 is 0. The average molecular weight is 286 g/mol. The highest BCUT2D eigenvalue weighted by molar-refractivity contribution is 7.88. The number of aromatic carboxylic acids is 1. The lowest BCUT2D eigenvalue weighted by atomic mass is 10.1. The predicted molar refractivity (Wildman–Crippen MR) is 72.6 cm³/mol. The van der Waals surface area contributed by atoms with Gasteiger partial charge in [-0.1, -0.05) is 12.1 Å². The highest BCUT2D eigenvalue weighted by Gasteiger charge is 2.03. The summed E-state index contributed by atoms with van der Waals surface area (Å²) in [5.74, 6) is -0.945. The minimum Gasteiger partial charge on any atom is -0.478 e. The lowest BCUT2D eigenvalue weighted by Crippen LogP contribution is -2.26. The Bertz CT molecular complexity index is 528. The van der Waals surface area contributed by atoms with E-state index in [1.807, 2.05) is 6.07 Å². The minimum atomic E-state index is -3.12. The van der Waals surface area contributed by atoms with Gasteiger partial charge in [0.2, 0.25) is 10.0 Å². The van der Waals surface area contributed by atoms with E-state index in [1.54, 1.807) is 18.2 Å². The Kier molecular flexibility index (Phi) is 5.94. The molecule has 3 N–H and O–H groups in total. The molecule has 0 amide bonds. The van der Waals surface area contributed by atoms with Crippen LogP contribution < -0.4 is 10.0 Å². The molecule has 0 bridgehead atoms. The van der Waals surface area contributed by atoms with E-state index in [4.69, 9.17) is 5.11 Å². The third-order valence-electron chi connectivity index (χ3n) is 2.40. The molecule has 0 fully saturated rings. The van der Waals surface area contributed by atoms with Gasteiger partial charge >= 0.3 is 5.97 Å². The van der Waals surface area contributed by atoms with Gasteiger partial charge in [-0.15, -0.1) is 0 Å². The number of carboxylic acid groups (broad SMARTS) is 1. The normalized spacial score (nSPS) is 11.4. The second kappa shape index (κ2) is 7.22. The lowest BCUT2D eigenvalue weighted by Gasteiger charge is -2.06. The molecule has 19 heavy (non-hydrogen) atoms. The van der Waals surface area contributed by atoms with Gasteiger partial charge in [-0.3, -0.25) is 0 Å². The zero-order chi connectivity index (χ0) is 14.3. The van der Waals surface area contributed by atoms with E-state index in [0.717, 1.165) is 11.8 Å². The molecule has 0 spiro atoms. The summed E-state index contributed by atoms with van der Waals surface area (Å²) in [5.41, 5.74) is 1.15. The minimum absolute atomic E-state index is 0.262. The van der Waals surface area contributed by atoms with Gasteiger partial charge in [0.05, 0.1) is 11.8 Å². The quantitative estimate of drug-likeness (QED) is 0.602. The zero-order valence-electron chi connectivity index (χ0n) is 10.7. The first kappa shape index (κ1) is 15.6. The molecular formula is C12H18N2O4S. The van der Waals surface area contributed by atoms with E-state index in [2.05, 4.69) is 10.0 Å². The number of nitrogens with one attached hydrogen (secondary N) is 2. The largest absolute Gasteiger partial charge is 0.478 e. The number of carboxylic acids is 1. The Morgan fingerprint density at radius 2 is 2.05 bits per heavy atom. The Morgan fingerprint density at radius 3 is 2.68 bits per heavy atom. The van der Waals surface area contributed by atoms with Crippen LogP contribution in [0.3, 0.4) is 0 Å². The number of hydrogen-bond donors (Lipinski definition) is 3. The van der Waals surface area contributed by atoms with Crippen molar-refractivity contribution in [1.82, 2.24) is 10.0 Å². The fraction of sp³-hybridized carbons (Fsp3) is 0.417. The molecule has 1 aromatic carbocycles. The Hall–Kier alpha value is -1.44. The van der Waals surface area contributed by atoms with Crippen LogP contribution >= 0.6 is 0 Å². The van der Waals surface area contributed by atoms with E-state index < -0.39 is 16.0 Å². The number of rotatable bonds is 8. The van der Waals surface area contributed by atoms with Crippen LogP contribution in [0.5, 0.6) is 0 Å². The van der Waals surface area contributed by atoms with Crippen molar-refractivity contribution in [2.45, 2.75) is 13.0 Å². The van der Waals surface area contributed by atoms with Crippen LogP contribution in [0.4, 0.5) is 0 Å². The third kappa shape index (κ3) is 6.90. The van der Waals surface area contributed by atoms with E-state index in [1.165, 1.54) is 0 Å². The fourth-order valence-electron chi connectivity index (χ4n) is 1.52. The van der Waals surface area contributed by atoms with E-state index in [-0.39, 0.29) is 5.56 Å². The van der Waals surface area contributed by atoms with Crippen molar-refractivity contribution >= 4 is 16.0 Å². The standard InChI is InChI=1S/C12H18N2O4S/c1-19(17,18)14-7-3-6-13-9-10-4-2-5-11(8-10)12(15)16/h2,4-5,8,13-14H,3,6-7,9H2,1H3,(H,15,16). The summed E-state index contributed by atoms with van der Waals surface area (Å²) in [7, 11) is -3.12. The Balaban J connectivity index is 2.26. The topological polar surface area (TPSA) is 95.5 Å². The second-order valence-electron chi connectivity index (χ2n) is 4.20. The molecule has 1 rings (SSSR count). The average Bonchev–Trinajstić information content (AvgIpc) is 2.32. The molecule has 0 aromatic heterocycles. The van der Waals surface area contributed by atoms with Crippen molar-refractivity contribution < 1.29 is 18.3 Å². The van der Waals surface area contributed by atoms with Crippen LogP contribution in [0.25, 0.3) is 0 Å². The molecule has 106 valence electrons. The SMILES string of the molecule is CS(=O)(=O)NCCCNCc1cccc(C(=O)O)c1. The molecule has 0 saturated carbocycles. The summed E-state index contributed by atoms with van der Waals surface area (Å²) in [6.07, 6.45) is 1.80. The first-order chi connectivity index (χ1) is 8.88. The smallest absolute Gasteiger partial charge is 0.335 e. The maximum absolute atomic E-state index is 10.8. The van der Waals surface area contributed by atoms with Crippen molar-refractivity contribution in [3.05, 3.63) is 35.4 Å². The van der Waals surface area contributed by atoms with Crippen LogP contribution in [0, 0.1) is 0 Å². The molecule has 1 aromatic rings. The lowest BCUT2D eigenvalue weighted by molar-refractivity contribution is 0.0696. The summed E-state index contributed by atoms with van der Waals surface area (Å²) in [6.45, 7) is 1.60. The summed E-state index contributed by atoms with van der Waals surface area (Å²) in [6, 6.07) is 6.70. The predicted octanol–water partition coefficient (Wildman–Crippen LogP) is 0.414. The van der Waals surface area contributed by atoms with Crippen molar-refractivity contribution in [2.75, 3.05) is 19.3 Å². The van der Waals surface area contributed by atoms with Crippen molar-refractivity contribution in [1.29, 1.82) is 0 Å². The molecule has 0 atom stereocenters. The highest BCUT2D eigenvalue weighted by atomic mass is 32.2. The molecule has 6 nitrogen and oxygen atoms in total. The molecule has 0 aliphatic rings. The number of carbonyl (C=O) groups is 1. The van der Waals surface area contributed by atoms with Gasteiger partial charge in [0.1, 0.15) is 0 Å². The molecule has 0 radical (unpaired) electrons. The molecule has 0 aliphatic carbocycles. The van der Waals surface area contributed by atoms with Crippen molar-refractivity contribution in [3.8, 4) is 0 Å². The van der Waals surface area contributed by atoms with Gasteiger partial charge in [0.25, 0.3) is 0 Å². The van der Waals surface area contributed by atoms with Crippen LogP contribution in [0.2, 0.25) is 0 Å². The number of benzene rings is 1. The fourth-order valence-corrected chi connectivity index (χ4v) is 2.03. The summed E-state index contributed by atoms with van der Waals surface area (Å²) < 4.78 is 24.0. The van der Waals surface area contributed by atoms with Crippen LogP contribution in [0.15, 0.2) is 24.3 Å². The monoisotopic (exact) mass is 286 g/mol. The number of sulfonamides is 1. The molecule has 0 unspecified atom stereocenters. The van der Waals surface area contributed by atoms with Crippen LogP contribution in [0.1, 0.15) is 22.3 Å². The Morgan fingerprint density at radius 1 is 1.32 bits per heavy atom. The maximum Gasteiger partial charge on any atom is 0.335 e. The molecule has 7 heteroatoms. The van der Waals surface area contributed by atoms with E-state index in [9.17, 15) is 13.2 Å². The molecule has 0 saturated heterocycles. The van der Waals surface area contributed by atoms with Crippen molar-refractivity contribution in [2.24, 2.45) is 0 Å². The Labute approximate surface area is 112 Å². The van der Waals surface area contributed by atoms with Gasteiger partial charge in [-0.25, -0.2) is 17.9 Å². The van der Waals surface area contributed by atoms with Gasteiger partial charge < -0.3 is 10.4 Å². The second-order valence-corrected chi connectivity index (χ2v) is 6.04. The third-order valence-corrected chi connectivity index (χ3v) is 3.13. The number of hydrogen-bond acceptors (Lipinski definition) is 4. The van der Waals surface area contributed by atoms with Gasteiger partial charge in [0.15, 0.2) is 0 Å². The molecule has 0 aliphatic heterocycles. The van der Waals surface area contributed by atoms with Crippen LogP contribution in [-0.4, -0.2) is 38.8 Å². The van der Waals surface area contributed by atoms with Gasteiger partial charge in [-0.05, 0) is 30.7 Å². The van der Waals surface area contributed by atoms with Crippen LogP contribution in [-0.2, 0) is 16.6 Å². The summed E-state index contributed by atoms with van der Waals surface area (Å²) in [5, 5.41) is 12.0. The molecule has 0 heterocycles. The molecular weight excluding hydrogens is 268 g/mol.